The number of nitrogens with zero attached hydrogens (tertiary/aromatic N) is 4. The summed E-state index contributed by atoms with van der Waals surface area (Å²) >= 11 is 0. The first kappa shape index (κ1) is 17.4. The van der Waals surface area contributed by atoms with E-state index in [9.17, 15) is 15.3 Å². The summed E-state index contributed by atoms with van der Waals surface area (Å²) in [5.41, 5.74) is 0.961. The largest absolute Gasteiger partial charge is 0.467 e. The molecular formula is C16H23N5O5. The third-order valence-electron chi connectivity index (χ3n) is 5.07. The highest BCUT2D eigenvalue weighted by molar-refractivity contribution is 5.83. The summed E-state index contributed by atoms with van der Waals surface area (Å²) in [5.74, 6) is 0.573. The average molecular weight is 365 g/mol. The van der Waals surface area contributed by atoms with Crippen molar-refractivity contribution in [3.63, 3.8) is 0 Å². The SMILES string of the molecule is COc1nc(NC2CCCC2)c2ncn([C@@H]3O[C@H](CO)[C@@H](O)[C@H]3O)c2n1. The van der Waals surface area contributed by atoms with Gasteiger partial charge in [0.1, 0.15) is 18.3 Å². The molecule has 4 N–H and O–H groups in total. The molecule has 10 nitrogen and oxygen atoms in total. The van der Waals surface area contributed by atoms with Crippen molar-refractivity contribution < 1.29 is 24.8 Å². The second-order valence-corrected chi connectivity index (χ2v) is 6.74. The van der Waals surface area contributed by atoms with Crippen molar-refractivity contribution in [2.75, 3.05) is 19.0 Å². The highest BCUT2D eigenvalue weighted by Gasteiger charge is 2.44. The number of hydrogen-bond acceptors (Lipinski definition) is 9. The molecule has 2 fully saturated rings. The van der Waals surface area contributed by atoms with Crippen LogP contribution >= 0.6 is 0 Å². The van der Waals surface area contributed by atoms with Crippen LogP contribution in [0.15, 0.2) is 6.33 Å². The average Bonchev–Trinajstić information content (AvgIpc) is 3.36. The quantitative estimate of drug-likeness (QED) is 0.568. The highest BCUT2D eigenvalue weighted by atomic mass is 16.6. The number of ether oxygens (including phenoxy) is 2. The number of rotatable bonds is 5. The summed E-state index contributed by atoms with van der Waals surface area (Å²) in [4.78, 5) is 13.1. The smallest absolute Gasteiger partial charge is 0.320 e. The second kappa shape index (κ2) is 6.95. The summed E-state index contributed by atoms with van der Waals surface area (Å²) in [6.07, 6.45) is 1.81. The Morgan fingerprint density at radius 1 is 1.27 bits per heavy atom. The monoisotopic (exact) mass is 365 g/mol. The van der Waals surface area contributed by atoms with Crippen molar-refractivity contribution in [1.82, 2.24) is 19.5 Å². The van der Waals surface area contributed by atoms with Crippen molar-refractivity contribution in [2.45, 2.75) is 56.3 Å². The zero-order valence-corrected chi connectivity index (χ0v) is 14.4. The Kier molecular flexibility index (Phi) is 4.65. The molecule has 0 bridgehead atoms. The van der Waals surface area contributed by atoms with E-state index in [2.05, 4.69) is 20.3 Å². The maximum atomic E-state index is 10.3. The fourth-order valence-electron chi connectivity index (χ4n) is 3.65. The molecular weight excluding hydrogens is 342 g/mol. The van der Waals surface area contributed by atoms with E-state index in [1.165, 1.54) is 30.8 Å². The first-order valence-electron chi connectivity index (χ1n) is 8.80. The molecule has 0 unspecified atom stereocenters. The Bertz CT molecular complexity index is 778. The fourth-order valence-corrected chi connectivity index (χ4v) is 3.65. The molecule has 1 saturated carbocycles. The fraction of sp³-hybridized carbons (Fsp3) is 0.688. The predicted octanol–water partition coefficient (Wildman–Crippen LogP) is -0.199. The topological polar surface area (TPSA) is 135 Å². The van der Waals surface area contributed by atoms with Crippen LogP contribution in [0.5, 0.6) is 6.01 Å². The van der Waals surface area contributed by atoms with Crippen molar-refractivity contribution in [3.8, 4) is 6.01 Å². The molecule has 2 aliphatic rings. The Balaban J connectivity index is 1.72. The number of fused-ring (bicyclic) bond motifs is 1. The van der Waals surface area contributed by atoms with Gasteiger partial charge in [-0.05, 0) is 12.8 Å². The summed E-state index contributed by atoms with van der Waals surface area (Å²) in [5, 5.41) is 33.0. The molecule has 1 aliphatic heterocycles. The Morgan fingerprint density at radius 3 is 2.69 bits per heavy atom. The first-order valence-corrected chi connectivity index (χ1v) is 8.80. The van der Waals surface area contributed by atoms with Crippen molar-refractivity contribution in [3.05, 3.63) is 6.33 Å². The van der Waals surface area contributed by atoms with Crippen molar-refractivity contribution >= 4 is 17.0 Å². The number of anilines is 1. The van der Waals surface area contributed by atoms with Gasteiger partial charge in [0, 0.05) is 6.04 Å². The first-order chi connectivity index (χ1) is 12.6. The van der Waals surface area contributed by atoms with Crippen LogP contribution < -0.4 is 10.1 Å². The van der Waals surface area contributed by atoms with E-state index in [-0.39, 0.29) is 6.01 Å². The summed E-state index contributed by atoms with van der Waals surface area (Å²) in [6, 6.07) is 0.503. The van der Waals surface area contributed by atoms with Crippen LogP contribution in [-0.4, -0.2) is 72.9 Å². The molecule has 3 heterocycles. The lowest BCUT2D eigenvalue weighted by atomic mass is 10.1. The van der Waals surface area contributed by atoms with E-state index in [1.807, 2.05) is 0 Å². The third kappa shape index (κ3) is 2.88. The van der Waals surface area contributed by atoms with Crippen LogP contribution in [0.2, 0.25) is 0 Å². The number of nitrogens with one attached hydrogen (secondary N) is 1. The normalized spacial score (nSPS) is 29.5. The standard InChI is InChI=1S/C16H23N5O5/c1-25-16-19-13(18-8-4-2-3-5-8)10-14(20-16)21(7-17-10)15-12(24)11(23)9(6-22)26-15/h7-9,11-12,15,22-24H,2-6H2,1H3,(H,18,19,20)/t9-,11-,12-,15-/m1/s1. The molecule has 0 spiro atoms. The zero-order valence-electron chi connectivity index (χ0n) is 14.4. The molecule has 10 heteroatoms. The van der Waals surface area contributed by atoms with Gasteiger partial charge in [0.05, 0.1) is 20.0 Å². The molecule has 26 heavy (non-hydrogen) atoms. The lowest BCUT2D eigenvalue weighted by Gasteiger charge is -2.17. The van der Waals surface area contributed by atoms with Gasteiger partial charge in [-0.3, -0.25) is 4.57 Å². The summed E-state index contributed by atoms with van der Waals surface area (Å²) in [7, 11) is 1.48. The molecule has 0 amide bonds. The second-order valence-electron chi connectivity index (χ2n) is 6.74. The lowest BCUT2D eigenvalue weighted by Crippen LogP contribution is -2.33. The summed E-state index contributed by atoms with van der Waals surface area (Å²) in [6.45, 7) is -0.395. The molecule has 2 aromatic rings. The molecule has 142 valence electrons. The van der Waals surface area contributed by atoms with E-state index < -0.39 is 31.1 Å². The van der Waals surface area contributed by atoms with E-state index in [1.54, 1.807) is 0 Å². The van der Waals surface area contributed by atoms with Gasteiger partial charge in [0.15, 0.2) is 23.2 Å². The van der Waals surface area contributed by atoms with Gasteiger partial charge in [-0.25, -0.2) is 4.98 Å². The minimum absolute atomic E-state index is 0.173. The lowest BCUT2D eigenvalue weighted by molar-refractivity contribution is -0.0511. The molecule has 0 radical (unpaired) electrons. The Hall–Kier alpha value is -2.01. The van der Waals surface area contributed by atoms with Gasteiger partial charge >= 0.3 is 6.01 Å². The third-order valence-corrected chi connectivity index (χ3v) is 5.07. The molecule has 0 aromatic carbocycles. The zero-order chi connectivity index (χ0) is 18.3. The van der Waals surface area contributed by atoms with Crippen LogP contribution in [0.4, 0.5) is 5.82 Å². The molecule has 2 aromatic heterocycles. The van der Waals surface area contributed by atoms with Gasteiger partial charge < -0.3 is 30.1 Å². The van der Waals surface area contributed by atoms with E-state index in [4.69, 9.17) is 9.47 Å². The van der Waals surface area contributed by atoms with Crippen LogP contribution in [0.1, 0.15) is 31.9 Å². The maximum Gasteiger partial charge on any atom is 0.320 e. The van der Waals surface area contributed by atoms with Gasteiger partial charge in [-0.15, -0.1) is 0 Å². The number of imidazole rings is 1. The molecule has 1 saturated heterocycles. The van der Waals surface area contributed by atoms with Crippen LogP contribution in [0.3, 0.4) is 0 Å². The van der Waals surface area contributed by atoms with Crippen LogP contribution in [0.25, 0.3) is 11.2 Å². The minimum atomic E-state index is -1.21. The number of methoxy groups -OCH3 is 1. The highest BCUT2D eigenvalue weighted by Crippen LogP contribution is 2.33. The van der Waals surface area contributed by atoms with Gasteiger partial charge in [0.25, 0.3) is 0 Å². The number of aromatic nitrogens is 4. The Morgan fingerprint density at radius 2 is 2.04 bits per heavy atom. The van der Waals surface area contributed by atoms with Crippen molar-refractivity contribution in [1.29, 1.82) is 0 Å². The molecule has 4 atom stereocenters. The van der Waals surface area contributed by atoms with E-state index in [0.29, 0.717) is 23.0 Å². The van der Waals surface area contributed by atoms with Gasteiger partial charge in [-0.1, -0.05) is 12.8 Å². The molecule has 1 aliphatic carbocycles. The number of hydrogen-bond donors (Lipinski definition) is 4. The number of aliphatic hydroxyl groups is 3. The summed E-state index contributed by atoms with van der Waals surface area (Å²) < 4.78 is 12.3. The predicted molar refractivity (Wildman–Crippen MR) is 90.8 cm³/mol. The van der Waals surface area contributed by atoms with Gasteiger partial charge in [0.2, 0.25) is 0 Å². The van der Waals surface area contributed by atoms with Crippen LogP contribution in [0, 0.1) is 0 Å². The van der Waals surface area contributed by atoms with Gasteiger partial charge in [-0.2, -0.15) is 9.97 Å². The minimum Gasteiger partial charge on any atom is -0.467 e. The van der Waals surface area contributed by atoms with E-state index >= 15 is 0 Å². The van der Waals surface area contributed by atoms with Crippen LogP contribution in [-0.2, 0) is 4.74 Å². The number of aliphatic hydroxyl groups excluding tert-OH is 3. The maximum absolute atomic E-state index is 10.3. The van der Waals surface area contributed by atoms with E-state index in [0.717, 1.165) is 12.8 Å². The Labute approximate surface area is 149 Å². The van der Waals surface area contributed by atoms with Crippen molar-refractivity contribution in [2.24, 2.45) is 0 Å². The molecule has 4 rings (SSSR count).